The molecule has 1 amide bonds. The molecule has 112 valence electrons. The molecule has 7 heteroatoms. The summed E-state index contributed by atoms with van der Waals surface area (Å²) >= 11 is 1.20. The van der Waals surface area contributed by atoms with E-state index >= 15 is 0 Å². The average molecular weight is 316 g/mol. The van der Waals surface area contributed by atoms with Crippen molar-refractivity contribution in [2.75, 3.05) is 6.54 Å². The van der Waals surface area contributed by atoms with Gasteiger partial charge in [-0.15, -0.1) is 11.3 Å². The van der Waals surface area contributed by atoms with Crippen LogP contribution in [0.4, 0.5) is 0 Å². The summed E-state index contributed by atoms with van der Waals surface area (Å²) in [6, 6.07) is 1.70. The molecule has 0 aromatic carbocycles. The minimum atomic E-state index is -3.76. The van der Waals surface area contributed by atoms with E-state index in [1.165, 1.54) is 17.4 Å². The Bertz CT molecular complexity index is 601. The first-order valence-electron chi connectivity index (χ1n) is 6.78. The zero-order chi connectivity index (χ0) is 14.9. The lowest BCUT2D eigenvalue weighted by molar-refractivity contribution is 0.0698. The third-order valence-electron chi connectivity index (χ3n) is 3.76. The summed E-state index contributed by atoms with van der Waals surface area (Å²) in [4.78, 5) is 15.5. The molecule has 0 atom stereocenters. The first-order chi connectivity index (χ1) is 9.34. The highest BCUT2D eigenvalue weighted by atomic mass is 32.2. The Hall–Kier alpha value is -0.920. The second-order valence-corrected chi connectivity index (χ2v) is 7.89. The van der Waals surface area contributed by atoms with E-state index in [1.54, 1.807) is 6.92 Å². The van der Waals surface area contributed by atoms with E-state index < -0.39 is 10.0 Å². The summed E-state index contributed by atoms with van der Waals surface area (Å²) < 4.78 is 22.9. The van der Waals surface area contributed by atoms with Gasteiger partial charge in [0.25, 0.3) is 5.91 Å². The largest absolute Gasteiger partial charge is 0.335 e. The number of hydrogen-bond acceptors (Lipinski definition) is 4. The zero-order valence-electron chi connectivity index (χ0n) is 11.8. The standard InChI is InChI=1S/C13H20N2O3S2/c1-3-15(10-6-4-5-7-10)13(16)11-8-12(9(2)19-11)20(14,17)18/h8,10H,3-7H2,1-2H3,(H2,14,17,18). The van der Waals surface area contributed by atoms with Crippen molar-refractivity contribution in [2.45, 2.75) is 50.5 Å². The van der Waals surface area contributed by atoms with Crippen molar-refractivity contribution in [1.29, 1.82) is 0 Å². The molecular formula is C13H20N2O3S2. The normalized spacial score (nSPS) is 16.6. The van der Waals surface area contributed by atoms with Crippen LogP contribution in [0.15, 0.2) is 11.0 Å². The lowest BCUT2D eigenvalue weighted by Gasteiger charge is -2.27. The molecule has 1 fully saturated rings. The van der Waals surface area contributed by atoms with Crippen molar-refractivity contribution >= 4 is 27.3 Å². The third-order valence-corrected chi connectivity index (χ3v) is 5.96. The highest BCUT2D eigenvalue weighted by Gasteiger charge is 2.28. The fraction of sp³-hybridized carbons (Fsp3) is 0.615. The van der Waals surface area contributed by atoms with Crippen LogP contribution in [0.3, 0.4) is 0 Å². The average Bonchev–Trinajstić information content (AvgIpc) is 2.98. The lowest BCUT2D eigenvalue weighted by Crippen LogP contribution is -2.38. The number of sulfonamides is 1. The van der Waals surface area contributed by atoms with Crippen LogP contribution in [0.5, 0.6) is 0 Å². The molecule has 0 bridgehead atoms. The number of nitrogens with two attached hydrogens (primary N) is 1. The molecule has 5 nitrogen and oxygen atoms in total. The molecule has 2 N–H and O–H groups in total. The van der Waals surface area contributed by atoms with Gasteiger partial charge in [-0.2, -0.15) is 0 Å². The molecule has 0 spiro atoms. The van der Waals surface area contributed by atoms with E-state index in [9.17, 15) is 13.2 Å². The van der Waals surface area contributed by atoms with Crippen molar-refractivity contribution in [3.63, 3.8) is 0 Å². The smallest absolute Gasteiger partial charge is 0.264 e. The van der Waals surface area contributed by atoms with Crippen LogP contribution >= 0.6 is 11.3 Å². The number of carbonyl (C=O) groups excluding carboxylic acids is 1. The molecule has 0 aliphatic heterocycles. The van der Waals surface area contributed by atoms with Gasteiger partial charge in [-0.3, -0.25) is 4.79 Å². The van der Waals surface area contributed by atoms with Gasteiger partial charge in [0, 0.05) is 17.5 Å². The minimum Gasteiger partial charge on any atom is -0.335 e. The van der Waals surface area contributed by atoms with Crippen molar-refractivity contribution in [1.82, 2.24) is 4.90 Å². The van der Waals surface area contributed by atoms with Crippen LogP contribution in [0.1, 0.15) is 47.2 Å². The van der Waals surface area contributed by atoms with Gasteiger partial charge in [0.2, 0.25) is 10.0 Å². The van der Waals surface area contributed by atoms with Crippen LogP contribution < -0.4 is 5.14 Å². The Morgan fingerprint density at radius 2 is 2.05 bits per heavy atom. The van der Waals surface area contributed by atoms with Crippen LogP contribution in [0.2, 0.25) is 0 Å². The molecule has 20 heavy (non-hydrogen) atoms. The van der Waals surface area contributed by atoms with Gasteiger partial charge in [0.1, 0.15) is 0 Å². The Balaban J connectivity index is 2.28. The Morgan fingerprint density at radius 1 is 1.45 bits per heavy atom. The van der Waals surface area contributed by atoms with E-state index in [4.69, 9.17) is 5.14 Å². The summed E-state index contributed by atoms with van der Waals surface area (Å²) in [7, 11) is -3.76. The van der Waals surface area contributed by atoms with Gasteiger partial charge in [-0.1, -0.05) is 12.8 Å². The molecule has 1 aromatic rings. The van der Waals surface area contributed by atoms with Crippen LogP contribution in [-0.4, -0.2) is 31.8 Å². The molecule has 1 aliphatic carbocycles. The van der Waals surface area contributed by atoms with Crippen LogP contribution in [-0.2, 0) is 10.0 Å². The molecule has 1 heterocycles. The van der Waals surface area contributed by atoms with E-state index in [-0.39, 0.29) is 16.8 Å². The molecule has 1 saturated carbocycles. The summed E-state index contributed by atoms with van der Waals surface area (Å²) in [5.74, 6) is -0.0811. The number of thiophene rings is 1. The predicted octanol–water partition coefficient (Wildman–Crippen LogP) is 2.11. The summed E-state index contributed by atoms with van der Waals surface area (Å²) in [6.07, 6.45) is 4.37. The van der Waals surface area contributed by atoms with Gasteiger partial charge >= 0.3 is 0 Å². The van der Waals surface area contributed by atoms with Gasteiger partial charge < -0.3 is 4.90 Å². The van der Waals surface area contributed by atoms with Gasteiger partial charge in [-0.05, 0) is 32.8 Å². The fourth-order valence-electron chi connectivity index (χ4n) is 2.78. The quantitative estimate of drug-likeness (QED) is 0.923. The number of carbonyl (C=O) groups is 1. The van der Waals surface area contributed by atoms with Crippen LogP contribution in [0, 0.1) is 6.92 Å². The van der Waals surface area contributed by atoms with E-state index in [0.29, 0.717) is 16.3 Å². The maximum atomic E-state index is 12.6. The summed E-state index contributed by atoms with van der Waals surface area (Å²) in [5.41, 5.74) is 0. The third kappa shape index (κ3) is 3.05. The van der Waals surface area contributed by atoms with Gasteiger partial charge in [0.15, 0.2) is 0 Å². The summed E-state index contributed by atoms with van der Waals surface area (Å²) in [6.45, 7) is 4.27. The summed E-state index contributed by atoms with van der Waals surface area (Å²) in [5, 5.41) is 5.16. The van der Waals surface area contributed by atoms with Gasteiger partial charge in [0.05, 0.1) is 9.77 Å². The van der Waals surface area contributed by atoms with Crippen molar-refractivity contribution in [3.05, 3.63) is 15.8 Å². The highest BCUT2D eigenvalue weighted by molar-refractivity contribution is 7.89. The predicted molar refractivity (Wildman–Crippen MR) is 79.4 cm³/mol. The first kappa shape index (κ1) is 15.5. The minimum absolute atomic E-state index is 0.0633. The maximum Gasteiger partial charge on any atom is 0.264 e. The molecule has 0 unspecified atom stereocenters. The SMILES string of the molecule is CCN(C(=O)c1cc(S(N)(=O)=O)c(C)s1)C1CCCC1. The number of nitrogens with zero attached hydrogens (tertiary/aromatic N) is 1. The van der Waals surface area contributed by atoms with E-state index in [0.717, 1.165) is 25.7 Å². The van der Waals surface area contributed by atoms with Gasteiger partial charge in [-0.25, -0.2) is 13.6 Å². The Kier molecular flexibility index (Phi) is 4.51. The fourth-order valence-corrected chi connectivity index (χ4v) is 4.88. The molecular weight excluding hydrogens is 296 g/mol. The Labute approximate surface area is 123 Å². The van der Waals surface area contributed by atoms with Crippen molar-refractivity contribution in [2.24, 2.45) is 5.14 Å². The second kappa shape index (κ2) is 5.83. The first-order valence-corrected chi connectivity index (χ1v) is 9.15. The maximum absolute atomic E-state index is 12.6. The molecule has 2 rings (SSSR count). The zero-order valence-corrected chi connectivity index (χ0v) is 13.4. The number of rotatable bonds is 4. The van der Waals surface area contributed by atoms with Crippen LogP contribution in [0.25, 0.3) is 0 Å². The second-order valence-electron chi connectivity index (χ2n) is 5.11. The number of primary sulfonamides is 1. The van der Waals surface area contributed by atoms with Crippen molar-refractivity contribution < 1.29 is 13.2 Å². The lowest BCUT2D eigenvalue weighted by atomic mass is 10.2. The number of aryl methyl sites for hydroxylation is 1. The van der Waals surface area contributed by atoms with E-state index in [2.05, 4.69) is 0 Å². The Morgan fingerprint density at radius 3 is 2.50 bits per heavy atom. The topological polar surface area (TPSA) is 80.5 Å². The highest BCUT2D eigenvalue weighted by Crippen LogP contribution is 2.29. The molecule has 1 aliphatic rings. The molecule has 0 radical (unpaired) electrons. The number of amides is 1. The van der Waals surface area contributed by atoms with Crippen molar-refractivity contribution in [3.8, 4) is 0 Å². The molecule has 1 aromatic heterocycles. The monoisotopic (exact) mass is 316 g/mol. The van der Waals surface area contributed by atoms with E-state index in [1.807, 2.05) is 11.8 Å². The molecule has 0 saturated heterocycles. The number of hydrogen-bond donors (Lipinski definition) is 1.